The first kappa shape index (κ1) is 17.5. The molecule has 4 N–H and O–H groups in total. The molecule has 0 saturated heterocycles. The van der Waals surface area contributed by atoms with Gasteiger partial charge in [0.2, 0.25) is 0 Å². The monoisotopic (exact) mass is 319 g/mol. The van der Waals surface area contributed by atoms with E-state index in [1.165, 1.54) is 18.1 Å². The number of ether oxygens (including phenoxy) is 1. The average Bonchev–Trinajstić information content (AvgIpc) is 2.52. The van der Waals surface area contributed by atoms with E-state index in [4.69, 9.17) is 0 Å². The van der Waals surface area contributed by atoms with Gasteiger partial charge in [0, 0.05) is 6.54 Å². The van der Waals surface area contributed by atoms with Crippen LogP contribution in [0.2, 0.25) is 0 Å². The van der Waals surface area contributed by atoms with E-state index in [1.54, 1.807) is 0 Å². The van der Waals surface area contributed by atoms with E-state index < -0.39 is 37.6 Å². The number of halogens is 2. The quantitative estimate of drug-likeness (QED) is 0.542. The zero-order chi connectivity index (χ0) is 16.1. The van der Waals surface area contributed by atoms with Crippen molar-refractivity contribution in [1.82, 2.24) is 5.32 Å². The minimum atomic E-state index is -2.95. The van der Waals surface area contributed by atoms with Gasteiger partial charge >= 0.3 is 6.61 Å². The summed E-state index contributed by atoms with van der Waals surface area (Å²) in [5.41, 5.74) is 1.38. The van der Waals surface area contributed by atoms with E-state index in [2.05, 4.69) is 16.1 Å². The zero-order valence-corrected chi connectivity index (χ0v) is 12.3. The Labute approximate surface area is 128 Å². The molecule has 0 aliphatic heterocycles. The Hall–Kier alpha value is -0.860. The predicted molar refractivity (Wildman–Crippen MR) is 76.4 cm³/mol. The highest BCUT2D eigenvalue weighted by molar-refractivity contribution is 5.22. The Morgan fingerprint density at radius 1 is 1.23 bits per heavy atom. The highest BCUT2D eigenvalue weighted by Crippen LogP contribution is 2.22. The summed E-state index contributed by atoms with van der Waals surface area (Å²) >= 11 is 0. The molecule has 0 amide bonds. The molecule has 0 fully saturated rings. The normalized spacial score (nSPS) is 32.8. The molecule has 0 heterocycles. The van der Waals surface area contributed by atoms with Gasteiger partial charge in [-0.2, -0.15) is 8.78 Å². The number of allylic oxidation sites excluding steroid dienone is 1. The van der Waals surface area contributed by atoms with Crippen molar-refractivity contribution in [2.45, 2.75) is 56.6 Å². The van der Waals surface area contributed by atoms with Gasteiger partial charge in [0.05, 0.1) is 12.6 Å². The molecule has 2 aliphatic carbocycles. The molecule has 126 valence electrons. The lowest BCUT2D eigenvalue weighted by Crippen LogP contribution is -2.54. The summed E-state index contributed by atoms with van der Waals surface area (Å²) in [6, 6.07) is -0.613. The SMILES string of the molecule is O[C@@H]1[C@@H](O)[C@@H](O)C(COC(F)F)=C[C@H]1NCC1=CCCCC1. The van der Waals surface area contributed by atoms with Crippen LogP contribution in [0, 0.1) is 0 Å². The summed E-state index contributed by atoms with van der Waals surface area (Å²) < 4.78 is 28.4. The molecule has 4 atom stereocenters. The molecule has 7 heteroatoms. The van der Waals surface area contributed by atoms with Crippen molar-refractivity contribution >= 4 is 0 Å². The standard InChI is InChI=1S/C15H23F2NO4/c16-15(17)22-8-10-6-11(13(20)14(21)12(10)19)18-7-9-4-2-1-3-5-9/h4,6,11-15,18-21H,1-3,5,7-8H2/t11-,12+,13+,14+/m1/s1. The van der Waals surface area contributed by atoms with Gasteiger partial charge in [0.25, 0.3) is 0 Å². The summed E-state index contributed by atoms with van der Waals surface area (Å²) in [7, 11) is 0. The average molecular weight is 319 g/mol. The van der Waals surface area contributed by atoms with Crippen LogP contribution in [0.4, 0.5) is 8.78 Å². The van der Waals surface area contributed by atoms with Crippen molar-refractivity contribution in [3.63, 3.8) is 0 Å². The fraction of sp³-hybridized carbons (Fsp3) is 0.733. The van der Waals surface area contributed by atoms with Crippen molar-refractivity contribution in [2.75, 3.05) is 13.2 Å². The fourth-order valence-corrected chi connectivity index (χ4v) is 2.83. The molecule has 0 aromatic carbocycles. The van der Waals surface area contributed by atoms with Crippen molar-refractivity contribution < 1.29 is 28.8 Å². The molecule has 0 unspecified atom stereocenters. The van der Waals surface area contributed by atoms with Crippen molar-refractivity contribution in [3.8, 4) is 0 Å². The van der Waals surface area contributed by atoms with Crippen LogP contribution in [-0.2, 0) is 4.74 Å². The van der Waals surface area contributed by atoms with Crippen LogP contribution in [-0.4, -0.2) is 59.4 Å². The third-order valence-corrected chi connectivity index (χ3v) is 4.14. The molecule has 2 rings (SSSR count). The van der Waals surface area contributed by atoms with Crippen molar-refractivity contribution in [3.05, 3.63) is 23.3 Å². The first-order valence-corrected chi connectivity index (χ1v) is 7.55. The van der Waals surface area contributed by atoms with Gasteiger partial charge in [-0.25, -0.2) is 0 Å². The van der Waals surface area contributed by atoms with Crippen LogP contribution in [0.5, 0.6) is 0 Å². The lowest BCUT2D eigenvalue weighted by atomic mass is 9.88. The number of aliphatic hydroxyl groups is 3. The summed E-state index contributed by atoms with van der Waals surface area (Å²) in [6.07, 6.45) is 3.92. The topological polar surface area (TPSA) is 82.0 Å². The highest BCUT2D eigenvalue weighted by Gasteiger charge is 2.37. The number of hydrogen-bond acceptors (Lipinski definition) is 5. The number of nitrogens with one attached hydrogen (secondary N) is 1. The van der Waals surface area contributed by atoms with Gasteiger partial charge in [-0.15, -0.1) is 0 Å². The highest BCUT2D eigenvalue weighted by atomic mass is 19.3. The summed E-state index contributed by atoms with van der Waals surface area (Å²) in [5.74, 6) is 0. The van der Waals surface area contributed by atoms with Crippen molar-refractivity contribution in [2.24, 2.45) is 0 Å². The molecule has 0 spiro atoms. The molecule has 0 aromatic heterocycles. The van der Waals surface area contributed by atoms with E-state index in [9.17, 15) is 24.1 Å². The molecular formula is C15H23F2NO4. The smallest absolute Gasteiger partial charge is 0.345 e. The van der Waals surface area contributed by atoms with E-state index in [1.807, 2.05) is 0 Å². The minimum absolute atomic E-state index is 0.147. The predicted octanol–water partition coefficient (Wildman–Crippen LogP) is 0.707. The molecular weight excluding hydrogens is 296 g/mol. The van der Waals surface area contributed by atoms with Crippen LogP contribution in [0.25, 0.3) is 0 Å². The molecule has 2 aliphatic rings. The van der Waals surface area contributed by atoms with Gasteiger partial charge in [0.1, 0.15) is 18.3 Å². The lowest BCUT2D eigenvalue weighted by molar-refractivity contribution is -0.129. The van der Waals surface area contributed by atoms with Crippen molar-refractivity contribution in [1.29, 1.82) is 0 Å². The molecule has 22 heavy (non-hydrogen) atoms. The first-order chi connectivity index (χ1) is 10.5. The Morgan fingerprint density at radius 3 is 2.64 bits per heavy atom. The number of alkyl halides is 2. The van der Waals surface area contributed by atoms with E-state index >= 15 is 0 Å². The minimum Gasteiger partial charge on any atom is -0.388 e. The molecule has 0 saturated carbocycles. The van der Waals surface area contributed by atoms with E-state index in [0.29, 0.717) is 6.54 Å². The third-order valence-electron chi connectivity index (χ3n) is 4.14. The molecule has 0 bridgehead atoms. The van der Waals surface area contributed by atoms with Crippen LogP contribution >= 0.6 is 0 Å². The second-order valence-corrected chi connectivity index (χ2v) is 5.75. The first-order valence-electron chi connectivity index (χ1n) is 7.55. The van der Waals surface area contributed by atoms with E-state index in [-0.39, 0.29) is 5.57 Å². The largest absolute Gasteiger partial charge is 0.388 e. The number of hydrogen-bond donors (Lipinski definition) is 4. The fourth-order valence-electron chi connectivity index (χ4n) is 2.83. The maximum absolute atomic E-state index is 12.1. The maximum Gasteiger partial charge on any atom is 0.345 e. The van der Waals surface area contributed by atoms with Gasteiger partial charge in [0.15, 0.2) is 0 Å². The maximum atomic E-state index is 12.1. The molecule has 0 aromatic rings. The molecule has 0 radical (unpaired) electrons. The second-order valence-electron chi connectivity index (χ2n) is 5.75. The van der Waals surface area contributed by atoms with Gasteiger partial charge in [-0.1, -0.05) is 17.7 Å². The molecule has 5 nitrogen and oxygen atoms in total. The van der Waals surface area contributed by atoms with E-state index in [0.717, 1.165) is 19.3 Å². The summed E-state index contributed by atoms with van der Waals surface area (Å²) in [4.78, 5) is 0. The Balaban J connectivity index is 1.98. The summed E-state index contributed by atoms with van der Waals surface area (Å²) in [5, 5.41) is 32.8. The van der Waals surface area contributed by atoms with Crippen LogP contribution in [0.15, 0.2) is 23.3 Å². The third kappa shape index (κ3) is 4.57. The van der Waals surface area contributed by atoms with Gasteiger partial charge in [-0.3, -0.25) is 0 Å². The Morgan fingerprint density at radius 2 is 2.00 bits per heavy atom. The van der Waals surface area contributed by atoms with Crippen LogP contribution in [0.3, 0.4) is 0 Å². The van der Waals surface area contributed by atoms with Gasteiger partial charge < -0.3 is 25.4 Å². The Kier molecular flexibility index (Phi) is 6.46. The summed E-state index contributed by atoms with van der Waals surface area (Å²) in [6.45, 7) is -2.87. The van der Waals surface area contributed by atoms with Crippen LogP contribution in [0.1, 0.15) is 25.7 Å². The lowest BCUT2D eigenvalue weighted by Gasteiger charge is -2.35. The zero-order valence-electron chi connectivity index (χ0n) is 12.3. The van der Waals surface area contributed by atoms with Gasteiger partial charge in [-0.05, 0) is 31.3 Å². The Bertz CT molecular complexity index is 428. The second kappa shape index (κ2) is 8.12. The van der Waals surface area contributed by atoms with Crippen LogP contribution < -0.4 is 5.32 Å². The number of rotatable bonds is 6. The number of aliphatic hydroxyl groups excluding tert-OH is 3.